The average molecular weight is 261 g/mol. The third-order valence-electron chi connectivity index (χ3n) is 2.72. The van der Waals surface area contributed by atoms with E-state index in [9.17, 15) is 8.78 Å². The number of halogens is 2. The Kier molecular flexibility index (Phi) is 2.72. The van der Waals surface area contributed by atoms with Crippen molar-refractivity contribution < 1.29 is 13.2 Å². The van der Waals surface area contributed by atoms with E-state index in [-0.39, 0.29) is 6.54 Å². The van der Waals surface area contributed by atoms with E-state index >= 15 is 0 Å². The van der Waals surface area contributed by atoms with Gasteiger partial charge in [-0.25, -0.2) is 13.8 Å². The Bertz CT molecular complexity index is 755. The number of benzene rings is 1. The Labute approximate surface area is 106 Å². The van der Waals surface area contributed by atoms with E-state index in [1.54, 1.807) is 6.07 Å². The highest BCUT2D eigenvalue weighted by Gasteiger charge is 2.09. The minimum absolute atomic E-state index is 0.177. The van der Waals surface area contributed by atoms with Crippen LogP contribution in [-0.2, 0) is 6.54 Å². The Balaban J connectivity index is 2.11. The molecule has 0 aliphatic rings. The molecule has 3 rings (SSSR count). The minimum Gasteiger partial charge on any atom is -0.438 e. The highest BCUT2D eigenvalue weighted by atomic mass is 19.2. The summed E-state index contributed by atoms with van der Waals surface area (Å²) in [7, 11) is 0. The SMILES string of the molecule is NCc1nc2ncc(-c3ccc(F)c(F)c3)cc2o1. The highest BCUT2D eigenvalue weighted by molar-refractivity contribution is 5.76. The molecule has 0 spiro atoms. The first-order chi connectivity index (χ1) is 9.17. The largest absolute Gasteiger partial charge is 0.438 e. The Morgan fingerprint density at radius 3 is 2.68 bits per heavy atom. The summed E-state index contributed by atoms with van der Waals surface area (Å²) >= 11 is 0. The second-order valence-corrected chi connectivity index (χ2v) is 3.99. The van der Waals surface area contributed by atoms with Gasteiger partial charge in [0, 0.05) is 11.8 Å². The molecule has 2 aromatic heterocycles. The van der Waals surface area contributed by atoms with Crippen LogP contribution >= 0.6 is 0 Å². The maximum atomic E-state index is 13.2. The molecule has 19 heavy (non-hydrogen) atoms. The Morgan fingerprint density at radius 1 is 1.11 bits per heavy atom. The summed E-state index contributed by atoms with van der Waals surface area (Å²) in [5.41, 5.74) is 7.45. The molecule has 2 N–H and O–H groups in total. The highest BCUT2D eigenvalue weighted by Crippen LogP contribution is 2.24. The number of hydrogen-bond donors (Lipinski definition) is 1. The summed E-state index contributed by atoms with van der Waals surface area (Å²) in [5, 5.41) is 0. The van der Waals surface area contributed by atoms with Gasteiger partial charge in [-0.3, -0.25) is 0 Å². The molecular weight excluding hydrogens is 252 g/mol. The molecule has 0 aliphatic heterocycles. The molecule has 0 atom stereocenters. The molecule has 6 heteroatoms. The van der Waals surface area contributed by atoms with Gasteiger partial charge < -0.3 is 10.2 Å². The molecule has 0 fully saturated rings. The van der Waals surface area contributed by atoms with E-state index < -0.39 is 11.6 Å². The maximum Gasteiger partial charge on any atom is 0.210 e. The van der Waals surface area contributed by atoms with E-state index in [1.165, 1.54) is 12.3 Å². The van der Waals surface area contributed by atoms with Gasteiger partial charge in [-0.1, -0.05) is 6.07 Å². The van der Waals surface area contributed by atoms with Crippen molar-refractivity contribution in [2.24, 2.45) is 5.73 Å². The van der Waals surface area contributed by atoms with Crippen molar-refractivity contribution in [1.29, 1.82) is 0 Å². The molecule has 96 valence electrons. The van der Waals surface area contributed by atoms with E-state index in [1.807, 2.05) is 0 Å². The number of oxazole rings is 1. The van der Waals surface area contributed by atoms with Gasteiger partial charge in [0.1, 0.15) is 0 Å². The van der Waals surface area contributed by atoms with Crippen LogP contribution in [0, 0.1) is 11.6 Å². The van der Waals surface area contributed by atoms with Gasteiger partial charge in [0.05, 0.1) is 6.54 Å². The summed E-state index contributed by atoms with van der Waals surface area (Å²) < 4.78 is 31.4. The van der Waals surface area contributed by atoms with Crippen LogP contribution in [0.25, 0.3) is 22.4 Å². The predicted octanol–water partition coefficient (Wildman–Crippen LogP) is 2.63. The fourth-order valence-corrected chi connectivity index (χ4v) is 1.79. The molecule has 0 radical (unpaired) electrons. The Hall–Kier alpha value is -2.34. The van der Waals surface area contributed by atoms with Crippen molar-refractivity contribution >= 4 is 11.2 Å². The van der Waals surface area contributed by atoms with Crippen LogP contribution in [0.2, 0.25) is 0 Å². The molecule has 0 amide bonds. The third-order valence-corrected chi connectivity index (χ3v) is 2.72. The first kappa shape index (κ1) is 11.7. The molecule has 2 heterocycles. The summed E-state index contributed by atoms with van der Waals surface area (Å²) in [6, 6.07) is 5.32. The van der Waals surface area contributed by atoms with E-state index in [2.05, 4.69) is 9.97 Å². The van der Waals surface area contributed by atoms with Crippen LogP contribution in [-0.4, -0.2) is 9.97 Å². The van der Waals surface area contributed by atoms with Crippen LogP contribution in [0.3, 0.4) is 0 Å². The third kappa shape index (κ3) is 2.06. The number of hydrogen-bond acceptors (Lipinski definition) is 4. The quantitative estimate of drug-likeness (QED) is 0.770. The summed E-state index contributed by atoms with van der Waals surface area (Å²) in [5.74, 6) is -1.41. The molecule has 0 aliphatic carbocycles. The van der Waals surface area contributed by atoms with Crippen molar-refractivity contribution in [3.05, 3.63) is 48.0 Å². The second kappa shape index (κ2) is 4.40. The standard InChI is InChI=1S/C13H9F2N3O/c14-9-2-1-7(3-10(9)15)8-4-11-13(17-6-8)18-12(5-16)19-11/h1-4,6H,5,16H2. The van der Waals surface area contributed by atoms with Crippen molar-refractivity contribution in [2.75, 3.05) is 0 Å². The number of nitrogens with two attached hydrogens (primary N) is 1. The average Bonchev–Trinajstić information content (AvgIpc) is 2.83. The molecule has 0 bridgehead atoms. The smallest absolute Gasteiger partial charge is 0.210 e. The molecule has 0 saturated heterocycles. The van der Waals surface area contributed by atoms with Gasteiger partial charge in [0.2, 0.25) is 5.89 Å². The predicted molar refractivity (Wildman–Crippen MR) is 65.0 cm³/mol. The van der Waals surface area contributed by atoms with E-state index in [0.717, 1.165) is 12.1 Å². The van der Waals surface area contributed by atoms with Crippen LogP contribution in [0.15, 0.2) is 34.9 Å². The molecule has 3 aromatic rings. The molecule has 1 aromatic carbocycles. The number of rotatable bonds is 2. The van der Waals surface area contributed by atoms with Gasteiger partial charge in [0.25, 0.3) is 0 Å². The fourth-order valence-electron chi connectivity index (χ4n) is 1.79. The minimum atomic E-state index is -0.905. The van der Waals surface area contributed by atoms with Crippen molar-refractivity contribution in [1.82, 2.24) is 9.97 Å². The lowest BCUT2D eigenvalue weighted by atomic mass is 10.1. The first-order valence-corrected chi connectivity index (χ1v) is 5.58. The monoisotopic (exact) mass is 261 g/mol. The van der Waals surface area contributed by atoms with E-state index in [4.69, 9.17) is 10.2 Å². The summed E-state index contributed by atoms with van der Waals surface area (Å²) in [6.07, 6.45) is 1.53. The second-order valence-electron chi connectivity index (χ2n) is 3.99. The number of aromatic nitrogens is 2. The van der Waals surface area contributed by atoms with Gasteiger partial charge in [-0.05, 0) is 23.8 Å². The van der Waals surface area contributed by atoms with Crippen LogP contribution < -0.4 is 5.73 Å². The number of fused-ring (bicyclic) bond motifs is 1. The summed E-state index contributed by atoms with van der Waals surface area (Å²) in [6.45, 7) is 0.177. The zero-order valence-corrected chi connectivity index (χ0v) is 9.73. The fraction of sp³-hybridized carbons (Fsp3) is 0.0769. The topological polar surface area (TPSA) is 64.9 Å². The van der Waals surface area contributed by atoms with Crippen molar-refractivity contribution in [2.45, 2.75) is 6.54 Å². The number of nitrogens with zero attached hydrogens (tertiary/aromatic N) is 2. The van der Waals surface area contributed by atoms with Crippen LogP contribution in [0.4, 0.5) is 8.78 Å². The molecule has 4 nitrogen and oxygen atoms in total. The zero-order valence-electron chi connectivity index (χ0n) is 9.73. The van der Waals surface area contributed by atoms with Gasteiger partial charge >= 0.3 is 0 Å². The van der Waals surface area contributed by atoms with Crippen LogP contribution in [0.1, 0.15) is 5.89 Å². The van der Waals surface area contributed by atoms with Crippen LogP contribution in [0.5, 0.6) is 0 Å². The van der Waals surface area contributed by atoms with Crippen molar-refractivity contribution in [3.8, 4) is 11.1 Å². The van der Waals surface area contributed by atoms with Gasteiger partial charge in [0.15, 0.2) is 22.9 Å². The lowest BCUT2D eigenvalue weighted by molar-refractivity contribution is 0.509. The maximum absolute atomic E-state index is 13.2. The van der Waals surface area contributed by atoms with E-state index in [0.29, 0.717) is 28.2 Å². The first-order valence-electron chi connectivity index (χ1n) is 5.58. The lowest BCUT2D eigenvalue weighted by Crippen LogP contribution is -1.95. The zero-order chi connectivity index (χ0) is 13.4. The molecular formula is C13H9F2N3O. The molecule has 0 saturated carbocycles. The number of pyridine rings is 1. The lowest BCUT2D eigenvalue weighted by Gasteiger charge is -2.01. The van der Waals surface area contributed by atoms with Crippen molar-refractivity contribution in [3.63, 3.8) is 0 Å². The molecule has 0 unspecified atom stereocenters. The normalized spacial score (nSPS) is 11.1. The summed E-state index contributed by atoms with van der Waals surface area (Å²) in [4.78, 5) is 8.16. The Morgan fingerprint density at radius 2 is 1.95 bits per heavy atom. The van der Waals surface area contributed by atoms with Gasteiger partial charge in [-0.2, -0.15) is 4.98 Å². The van der Waals surface area contributed by atoms with Gasteiger partial charge in [-0.15, -0.1) is 0 Å².